The minimum atomic E-state index is -0.207. The highest BCUT2D eigenvalue weighted by Gasteiger charge is 2.19. The number of ether oxygens (including phenoxy) is 3. The first-order chi connectivity index (χ1) is 16.4. The summed E-state index contributed by atoms with van der Waals surface area (Å²) in [5, 5.41) is 6.51. The molecule has 0 aliphatic carbocycles. The van der Waals surface area contributed by atoms with Crippen LogP contribution in [-0.4, -0.2) is 53.2 Å². The number of H-pyrrole nitrogens is 1. The second kappa shape index (κ2) is 9.65. The van der Waals surface area contributed by atoms with Crippen LogP contribution in [0.5, 0.6) is 17.5 Å². The van der Waals surface area contributed by atoms with Crippen molar-refractivity contribution in [1.82, 2.24) is 25.3 Å². The number of amides is 1. The molecule has 4 rings (SSSR count). The number of pyridine rings is 1. The maximum Gasteiger partial charge on any atom is 0.251 e. The molecule has 0 aliphatic rings. The lowest BCUT2D eigenvalue weighted by Gasteiger charge is -2.14. The van der Waals surface area contributed by atoms with Crippen LogP contribution in [0.1, 0.15) is 24.2 Å². The van der Waals surface area contributed by atoms with Gasteiger partial charge in [-0.25, -0.2) is 4.98 Å². The van der Waals surface area contributed by atoms with Crippen molar-refractivity contribution in [2.75, 3.05) is 26.6 Å². The number of hydrogen-bond acceptors (Lipinski definition) is 8. The van der Waals surface area contributed by atoms with Gasteiger partial charge >= 0.3 is 0 Å². The topological polar surface area (TPSA) is 123 Å². The smallest absolute Gasteiger partial charge is 0.251 e. The Bertz CT molecular complexity index is 1330. The number of anilines is 2. The SMILES string of the molecule is CNC(=O)c1ccc(Nc2nc(OC(C)C)c3c(-c4ccnc(OC)c4)c[nH]c3n2)c(OC)c1. The number of hydrogen-bond donors (Lipinski definition) is 3. The van der Waals surface area contributed by atoms with Gasteiger partial charge in [-0.1, -0.05) is 0 Å². The molecule has 4 aromatic rings. The number of carbonyl (C=O) groups excluding carboxylic acids is 1. The van der Waals surface area contributed by atoms with Crippen LogP contribution >= 0.6 is 0 Å². The van der Waals surface area contributed by atoms with Crippen molar-refractivity contribution in [2.45, 2.75) is 20.0 Å². The number of methoxy groups -OCH3 is 2. The van der Waals surface area contributed by atoms with Gasteiger partial charge in [0.2, 0.25) is 17.7 Å². The summed E-state index contributed by atoms with van der Waals surface area (Å²) in [6, 6.07) is 8.80. The van der Waals surface area contributed by atoms with Gasteiger partial charge < -0.3 is 29.8 Å². The highest BCUT2D eigenvalue weighted by molar-refractivity contribution is 5.98. The summed E-state index contributed by atoms with van der Waals surface area (Å²) in [6.45, 7) is 3.87. The van der Waals surface area contributed by atoms with Crippen LogP contribution in [-0.2, 0) is 0 Å². The zero-order valence-corrected chi connectivity index (χ0v) is 19.6. The van der Waals surface area contributed by atoms with Crippen LogP contribution in [0.25, 0.3) is 22.2 Å². The van der Waals surface area contributed by atoms with E-state index in [0.717, 1.165) is 16.5 Å². The maximum absolute atomic E-state index is 12.0. The van der Waals surface area contributed by atoms with E-state index >= 15 is 0 Å². The third-order valence-electron chi connectivity index (χ3n) is 5.04. The molecule has 0 spiro atoms. The minimum Gasteiger partial charge on any atom is -0.495 e. The second-order valence-corrected chi connectivity index (χ2v) is 7.65. The van der Waals surface area contributed by atoms with Gasteiger partial charge in [0.15, 0.2) is 0 Å². The molecule has 0 unspecified atom stereocenters. The van der Waals surface area contributed by atoms with Gasteiger partial charge in [0.05, 0.1) is 31.4 Å². The van der Waals surface area contributed by atoms with Crippen LogP contribution in [0.3, 0.4) is 0 Å². The third-order valence-corrected chi connectivity index (χ3v) is 5.04. The Hall–Kier alpha value is -4.34. The lowest BCUT2D eigenvalue weighted by molar-refractivity contribution is 0.0962. The number of fused-ring (bicyclic) bond motifs is 1. The Morgan fingerprint density at radius 3 is 2.62 bits per heavy atom. The fraction of sp³-hybridized carbons (Fsp3) is 0.250. The summed E-state index contributed by atoms with van der Waals surface area (Å²) in [7, 11) is 4.68. The standard InChI is InChI=1S/C24H26N6O4/c1-13(2)34-23-20-16(14-8-9-26-19(11-14)33-5)12-27-21(20)29-24(30-23)28-17-7-6-15(22(31)25-3)10-18(17)32-4/h6-13H,1-5H3,(H,25,31)(H2,27,28,29,30). The Labute approximate surface area is 196 Å². The van der Waals surface area contributed by atoms with Gasteiger partial charge in [0.1, 0.15) is 11.4 Å². The van der Waals surface area contributed by atoms with Crippen LogP contribution in [0.15, 0.2) is 42.7 Å². The van der Waals surface area contributed by atoms with Crippen LogP contribution < -0.4 is 24.8 Å². The predicted octanol–water partition coefficient (Wildman–Crippen LogP) is 3.93. The van der Waals surface area contributed by atoms with E-state index in [9.17, 15) is 4.79 Å². The van der Waals surface area contributed by atoms with E-state index in [1.807, 2.05) is 32.2 Å². The molecule has 10 heteroatoms. The first-order valence-corrected chi connectivity index (χ1v) is 10.7. The second-order valence-electron chi connectivity index (χ2n) is 7.65. The molecule has 3 aromatic heterocycles. The molecule has 0 bridgehead atoms. The van der Waals surface area contributed by atoms with Gasteiger partial charge in [0.25, 0.3) is 5.91 Å². The molecule has 10 nitrogen and oxygen atoms in total. The average Bonchev–Trinajstić information content (AvgIpc) is 3.28. The fourth-order valence-electron chi connectivity index (χ4n) is 3.48. The molecule has 34 heavy (non-hydrogen) atoms. The summed E-state index contributed by atoms with van der Waals surface area (Å²) < 4.78 is 16.8. The van der Waals surface area contributed by atoms with Crippen molar-refractivity contribution in [3.8, 4) is 28.6 Å². The number of nitrogens with one attached hydrogen (secondary N) is 3. The normalized spacial score (nSPS) is 10.9. The Balaban J connectivity index is 1.78. The van der Waals surface area contributed by atoms with Gasteiger partial charge in [0, 0.05) is 36.6 Å². The van der Waals surface area contributed by atoms with Gasteiger partial charge in [-0.2, -0.15) is 9.97 Å². The average molecular weight is 463 g/mol. The molecular formula is C24H26N6O4. The van der Waals surface area contributed by atoms with Gasteiger partial charge in [-0.3, -0.25) is 4.79 Å². The zero-order valence-electron chi connectivity index (χ0n) is 19.6. The van der Waals surface area contributed by atoms with E-state index in [0.29, 0.717) is 40.4 Å². The molecule has 3 heterocycles. The number of aromatic amines is 1. The van der Waals surface area contributed by atoms with Crippen molar-refractivity contribution in [1.29, 1.82) is 0 Å². The first kappa shape index (κ1) is 22.8. The zero-order chi connectivity index (χ0) is 24.2. The summed E-state index contributed by atoms with van der Waals surface area (Å²) in [5.74, 6) is 1.52. The predicted molar refractivity (Wildman–Crippen MR) is 129 cm³/mol. The monoisotopic (exact) mass is 462 g/mol. The largest absolute Gasteiger partial charge is 0.495 e. The Morgan fingerprint density at radius 2 is 1.91 bits per heavy atom. The van der Waals surface area contributed by atoms with Crippen LogP contribution in [0, 0.1) is 0 Å². The molecule has 176 valence electrons. The molecule has 0 saturated carbocycles. The van der Waals surface area contributed by atoms with E-state index in [4.69, 9.17) is 14.2 Å². The number of nitrogens with zero attached hydrogens (tertiary/aromatic N) is 3. The highest BCUT2D eigenvalue weighted by Crippen LogP contribution is 2.36. The van der Waals surface area contributed by atoms with E-state index in [-0.39, 0.29) is 12.0 Å². The van der Waals surface area contributed by atoms with E-state index in [1.165, 1.54) is 7.11 Å². The minimum absolute atomic E-state index is 0.109. The van der Waals surface area contributed by atoms with Crippen molar-refractivity contribution in [3.05, 3.63) is 48.3 Å². The molecule has 3 N–H and O–H groups in total. The molecule has 1 aromatic carbocycles. The quantitative estimate of drug-likeness (QED) is 0.360. The van der Waals surface area contributed by atoms with Gasteiger partial charge in [-0.05, 0) is 43.7 Å². The molecule has 0 aliphatic heterocycles. The van der Waals surface area contributed by atoms with Crippen molar-refractivity contribution in [3.63, 3.8) is 0 Å². The lowest BCUT2D eigenvalue weighted by atomic mass is 10.1. The maximum atomic E-state index is 12.0. The molecular weight excluding hydrogens is 436 g/mol. The summed E-state index contributed by atoms with van der Waals surface area (Å²) >= 11 is 0. The molecule has 0 saturated heterocycles. The summed E-state index contributed by atoms with van der Waals surface area (Å²) in [4.78, 5) is 28.6. The van der Waals surface area contributed by atoms with E-state index in [1.54, 1.807) is 38.6 Å². The third kappa shape index (κ3) is 4.56. The molecule has 0 radical (unpaired) electrons. The van der Waals surface area contributed by atoms with E-state index < -0.39 is 0 Å². The number of carbonyl (C=O) groups is 1. The van der Waals surface area contributed by atoms with Gasteiger partial charge in [-0.15, -0.1) is 0 Å². The van der Waals surface area contributed by atoms with Crippen molar-refractivity contribution >= 4 is 28.6 Å². The molecule has 0 fully saturated rings. The summed E-state index contributed by atoms with van der Waals surface area (Å²) in [5.41, 5.74) is 3.44. The fourth-order valence-corrected chi connectivity index (χ4v) is 3.48. The summed E-state index contributed by atoms with van der Waals surface area (Å²) in [6.07, 6.45) is 3.42. The number of benzene rings is 1. The Kier molecular flexibility index (Phi) is 6.48. The van der Waals surface area contributed by atoms with Crippen LogP contribution in [0.2, 0.25) is 0 Å². The number of aromatic nitrogens is 4. The first-order valence-electron chi connectivity index (χ1n) is 10.7. The number of rotatable bonds is 8. The van der Waals surface area contributed by atoms with Crippen molar-refractivity contribution < 1.29 is 19.0 Å². The van der Waals surface area contributed by atoms with E-state index in [2.05, 4.69) is 30.6 Å². The highest BCUT2D eigenvalue weighted by atomic mass is 16.5. The van der Waals surface area contributed by atoms with Crippen molar-refractivity contribution in [2.24, 2.45) is 0 Å². The Morgan fingerprint density at radius 1 is 1.09 bits per heavy atom. The molecule has 1 amide bonds. The molecule has 0 atom stereocenters. The lowest BCUT2D eigenvalue weighted by Crippen LogP contribution is -2.17. The van der Waals surface area contributed by atoms with Crippen LogP contribution in [0.4, 0.5) is 11.6 Å².